The molecule has 77 valence electrons. The first-order chi connectivity index (χ1) is 6.31. The highest BCUT2D eigenvalue weighted by molar-refractivity contribution is 5.69. The van der Waals surface area contributed by atoms with Gasteiger partial charge in [-0.2, -0.15) is 0 Å². The molecule has 0 aliphatic rings. The maximum Gasteiger partial charge on any atom is 0.305 e. The van der Waals surface area contributed by atoms with Crippen molar-refractivity contribution in [3.8, 4) is 0 Å². The van der Waals surface area contributed by atoms with Gasteiger partial charge in [-0.1, -0.05) is 39.5 Å². The summed E-state index contributed by atoms with van der Waals surface area (Å²) in [4.78, 5) is 11.0. The van der Waals surface area contributed by atoms with Crippen LogP contribution in [0.2, 0.25) is 0 Å². The van der Waals surface area contributed by atoms with Crippen molar-refractivity contribution in [2.45, 2.75) is 51.9 Å². The topological polar surface area (TPSA) is 26.3 Å². The van der Waals surface area contributed by atoms with E-state index in [9.17, 15) is 4.79 Å². The molecular weight excluding hydrogens is 164 g/mol. The summed E-state index contributed by atoms with van der Waals surface area (Å²) in [7, 11) is 0. The molecule has 1 radical (unpaired) electrons. The van der Waals surface area contributed by atoms with Crippen LogP contribution >= 0.6 is 0 Å². The minimum absolute atomic E-state index is 0.0449. The lowest BCUT2D eigenvalue weighted by atomic mass is 10.1. The van der Waals surface area contributed by atoms with Crippen molar-refractivity contribution in [2.75, 3.05) is 6.61 Å². The first-order valence-electron chi connectivity index (χ1n) is 5.26. The smallest absolute Gasteiger partial charge is 0.305 e. The molecule has 0 fully saturated rings. The Morgan fingerprint density at radius 1 is 1.23 bits per heavy atom. The summed E-state index contributed by atoms with van der Waals surface area (Å²) in [6, 6.07) is 0. The second kappa shape index (κ2) is 9.56. The Bertz CT molecular complexity index is 121. The van der Waals surface area contributed by atoms with Crippen molar-refractivity contribution in [3.63, 3.8) is 0 Å². The van der Waals surface area contributed by atoms with E-state index in [1.807, 2.05) is 6.92 Å². The minimum atomic E-state index is -0.0449. The van der Waals surface area contributed by atoms with Crippen molar-refractivity contribution in [3.05, 3.63) is 6.92 Å². The highest BCUT2D eigenvalue weighted by Crippen LogP contribution is 2.05. The number of carbonyl (C=O) groups is 1. The molecule has 0 spiro atoms. The second-order valence-corrected chi connectivity index (χ2v) is 3.24. The quantitative estimate of drug-likeness (QED) is 0.429. The molecule has 0 heterocycles. The molecule has 2 heteroatoms. The molecule has 0 bridgehead atoms. The van der Waals surface area contributed by atoms with E-state index in [0.717, 1.165) is 25.7 Å². The van der Waals surface area contributed by atoms with Crippen LogP contribution in [0.1, 0.15) is 51.9 Å². The Morgan fingerprint density at radius 3 is 2.54 bits per heavy atom. The van der Waals surface area contributed by atoms with Gasteiger partial charge in [0.15, 0.2) is 0 Å². The molecule has 0 amide bonds. The lowest BCUT2D eigenvalue weighted by molar-refractivity contribution is -0.143. The Morgan fingerprint density at radius 2 is 1.92 bits per heavy atom. The van der Waals surface area contributed by atoms with Crippen LogP contribution in [-0.2, 0) is 9.53 Å². The molecule has 2 nitrogen and oxygen atoms in total. The minimum Gasteiger partial charge on any atom is -0.466 e. The van der Waals surface area contributed by atoms with Crippen molar-refractivity contribution < 1.29 is 9.53 Å². The van der Waals surface area contributed by atoms with Crippen molar-refractivity contribution in [2.24, 2.45) is 0 Å². The zero-order chi connectivity index (χ0) is 9.94. The second-order valence-electron chi connectivity index (χ2n) is 3.24. The van der Waals surface area contributed by atoms with E-state index in [1.165, 1.54) is 12.8 Å². The fraction of sp³-hybridized carbons (Fsp3) is 0.818. The molecule has 0 aromatic heterocycles. The highest BCUT2D eigenvalue weighted by atomic mass is 16.5. The molecular formula is C11H21O2. The maximum absolute atomic E-state index is 11.0. The predicted molar refractivity (Wildman–Crippen MR) is 54.3 cm³/mol. The molecule has 0 atom stereocenters. The monoisotopic (exact) mass is 185 g/mol. The SMILES string of the molecule is [CH2]CCCCCCC(=O)OCCC. The van der Waals surface area contributed by atoms with Crippen LogP contribution in [0.3, 0.4) is 0 Å². The summed E-state index contributed by atoms with van der Waals surface area (Å²) in [5.41, 5.74) is 0. The van der Waals surface area contributed by atoms with Crippen LogP contribution in [0.25, 0.3) is 0 Å². The van der Waals surface area contributed by atoms with Gasteiger partial charge in [-0.15, -0.1) is 0 Å². The molecule has 0 aromatic rings. The van der Waals surface area contributed by atoms with Crippen LogP contribution in [0.4, 0.5) is 0 Å². The molecule has 0 aliphatic carbocycles. The van der Waals surface area contributed by atoms with E-state index >= 15 is 0 Å². The molecule has 13 heavy (non-hydrogen) atoms. The number of hydrogen-bond donors (Lipinski definition) is 0. The molecule has 0 aromatic carbocycles. The van der Waals surface area contributed by atoms with Gasteiger partial charge in [0.05, 0.1) is 6.61 Å². The largest absolute Gasteiger partial charge is 0.466 e. The van der Waals surface area contributed by atoms with Crippen LogP contribution < -0.4 is 0 Å². The first kappa shape index (κ1) is 12.5. The Hall–Kier alpha value is -0.530. The molecule has 0 N–H and O–H groups in total. The van der Waals surface area contributed by atoms with E-state index in [4.69, 9.17) is 4.74 Å². The third-order valence-corrected chi connectivity index (χ3v) is 1.85. The van der Waals surface area contributed by atoms with Gasteiger partial charge in [0.2, 0.25) is 0 Å². The highest BCUT2D eigenvalue weighted by Gasteiger charge is 2.00. The first-order valence-corrected chi connectivity index (χ1v) is 5.26. The predicted octanol–water partition coefficient (Wildman–Crippen LogP) is 3.11. The molecule has 0 unspecified atom stereocenters. The van der Waals surface area contributed by atoms with Gasteiger partial charge in [0.25, 0.3) is 0 Å². The van der Waals surface area contributed by atoms with Gasteiger partial charge in [-0.25, -0.2) is 0 Å². The fourth-order valence-corrected chi connectivity index (χ4v) is 1.09. The molecule has 0 saturated heterocycles. The lowest BCUT2D eigenvalue weighted by Gasteiger charge is -2.02. The van der Waals surface area contributed by atoms with E-state index in [2.05, 4.69) is 6.92 Å². The third-order valence-electron chi connectivity index (χ3n) is 1.85. The van der Waals surface area contributed by atoms with Crippen molar-refractivity contribution >= 4 is 5.97 Å². The van der Waals surface area contributed by atoms with E-state index in [-0.39, 0.29) is 5.97 Å². The van der Waals surface area contributed by atoms with E-state index in [0.29, 0.717) is 13.0 Å². The number of unbranched alkanes of at least 4 members (excludes halogenated alkanes) is 4. The summed E-state index contributed by atoms with van der Waals surface area (Å²) in [5, 5.41) is 0. The van der Waals surface area contributed by atoms with Gasteiger partial charge in [0.1, 0.15) is 0 Å². The summed E-state index contributed by atoms with van der Waals surface area (Å²) in [6.45, 7) is 6.34. The Balaban J connectivity index is 3.08. The average Bonchev–Trinajstić information content (AvgIpc) is 2.14. The normalized spacial score (nSPS) is 10.0. The maximum atomic E-state index is 11.0. The van der Waals surface area contributed by atoms with Crippen LogP contribution in [-0.4, -0.2) is 12.6 Å². The number of hydrogen-bond acceptors (Lipinski definition) is 2. The van der Waals surface area contributed by atoms with Gasteiger partial charge in [-0.05, 0) is 12.8 Å². The zero-order valence-corrected chi connectivity index (χ0v) is 8.68. The lowest BCUT2D eigenvalue weighted by Crippen LogP contribution is -2.04. The Labute approximate surface area is 81.7 Å². The summed E-state index contributed by atoms with van der Waals surface area (Å²) in [5.74, 6) is -0.0449. The summed E-state index contributed by atoms with van der Waals surface area (Å²) >= 11 is 0. The number of ether oxygens (including phenoxy) is 1. The average molecular weight is 185 g/mol. The van der Waals surface area contributed by atoms with Gasteiger partial charge in [-0.3, -0.25) is 4.79 Å². The number of carbonyl (C=O) groups excluding carboxylic acids is 1. The van der Waals surface area contributed by atoms with Gasteiger partial charge in [0, 0.05) is 6.42 Å². The Kier molecular flexibility index (Phi) is 9.17. The van der Waals surface area contributed by atoms with E-state index < -0.39 is 0 Å². The van der Waals surface area contributed by atoms with Gasteiger partial charge >= 0.3 is 5.97 Å². The molecule has 0 saturated carbocycles. The number of rotatable bonds is 8. The van der Waals surface area contributed by atoms with Crippen LogP contribution in [0.5, 0.6) is 0 Å². The van der Waals surface area contributed by atoms with Gasteiger partial charge < -0.3 is 4.74 Å². The summed E-state index contributed by atoms with van der Waals surface area (Å²) in [6.07, 6.45) is 6.93. The molecule has 0 rings (SSSR count). The van der Waals surface area contributed by atoms with Crippen molar-refractivity contribution in [1.29, 1.82) is 0 Å². The summed E-state index contributed by atoms with van der Waals surface area (Å²) < 4.78 is 4.95. The fourth-order valence-electron chi connectivity index (χ4n) is 1.09. The van der Waals surface area contributed by atoms with Crippen LogP contribution in [0.15, 0.2) is 0 Å². The molecule has 0 aliphatic heterocycles. The number of esters is 1. The zero-order valence-electron chi connectivity index (χ0n) is 8.68. The van der Waals surface area contributed by atoms with Crippen molar-refractivity contribution in [1.82, 2.24) is 0 Å². The standard InChI is InChI=1S/C11H21O2/c1-3-5-6-7-8-9-11(12)13-10-4-2/h1,3-10H2,2H3. The van der Waals surface area contributed by atoms with Crippen LogP contribution in [0, 0.1) is 6.92 Å². The third kappa shape index (κ3) is 9.38. The van der Waals surface area contributed by atoms with E-state index in [1.54, 1.807) is 0 Å².